The third kappa shape index (κ3) is 2.98. The molecule has 1 amide bonds. The van der Waals surface area contributed by atoms with Crippen LogP contribution in [0.15, 0.2) is 42.5 Å². The smallest absolute Gasteiger partial charge is 0.241 e. The van der Waals surface area contributed by atoms with Gasteiger partial charge in [-0.15, -0.1) is 0 Å². The highest BCUT2D eigenvalue weighted by Gasteiger charge is 2.24. The molecule has 108 valence electrons. The van der Waals surface area contributed by atoms with Crippen molar-refractivity contribution >= 4 is 11.6 Å². The molecule has 0 saturated carbocycles. The number of fused-ring (bicyclic) bond motifs is 1. The van der Waals surface area contributed by atoms with Crippen molar-refractivity contribution in [1.29, 1.82) is 0 Å². The van der Waals surface area contributed by atoms with E-state index in [1.54, 1.807) is 0 Å². The molecule has 21 heavy (non-hydrogen) atoms. The molecule has 1 aliphatic heterocycles. The number of aryl methyl sites for hydroxylation is 2. The van der Waals surface area contributed by atoms with E-state index in [1.165, 1.54) is 16.7 Å². The zero-order valence-corrected chi connectivity index (χ0v) is 12.4. The molecule has 0 bridgehead atoms. The Hall–Kier alpha value is -2.13. The van der Waals surface area contributed by atoms with Crippen molar-refractivity contribution in [2.75, 3.05) is 5.32 Å². The van der Waals surface area contributed by atoms with Crippen LogP contribution in [0.25, 0.3) is 0 Å². The molecule has 0 spiro atoms. The lowest BCUT2D eigenvalue weighted by Gasteiger charge is -2.25. The van der Waals surface area contributed by atoms with Crippen LogP contribution >= 0.6 is 0 Å². The Morgan fingerprint density at radius 3 is 2.67 bits per heavy atom. The topological polar surface area (TPSA) is 41.1 Å². The number of carbonyl (C=O) groups is 1. The summed E-state index contributed by atoms with van der Waals surface area (Å²) in [6.45, 7) is 4.82. The summed E-state index contributed by atoms with van der Waals surface area (Å²) in [7, 11) is 0. The van der Waals surface area contributed by atoms with Gasteiger partial charge in [0, 0.05) is 12.2 Å². The summed E-state index contributed by atoms with van der Waals surface area (Å²) in [5, 5.41) is 6.35. The average Bonchev–Trinajstić information content (AvgIpc) is 2.49. The van der Waals surface area contributed by atoms with E-state index in [-0.39, 0.29) is 11.9 Å². The Morgan fingerprint density at radius 2 is 1.90 bits per heavy atom. The third-order valence-electron chi connectivity index (χ3n) is 4.04. The van der Waals surface area contributed by atoms with Crippen molar-refractivity contribution in [3.05, 3.63) is 64.7 Å². The van der Waals surface area contributed by atoms with Gasteiger partial charge in [-0.2, -0.15) is 0 Å². The summed E-state index contributed by atoms with van der Waals surface area (Å²) in [4.78, 5) is 12.4. The number of rotatable bonds is 2. The molecule has 2 aromatic rings. The summed E-state index contributed by atoms with van der Waals surface area (Å²) >= 11 is 0. The van der Waals surface area contributed by atoms with E-state index in [4.69, 9.17) is 0 Å². The molecule has 1 heterocycles. The molecule has 0 aliphatic carbocycles. The molecule has 2 aromatic carbocycles. The number of anilines is 1. The van der Waals surface area contributed by atoms with Gasteiger partial charge in [-0.05, 0) is 43.0 Å². The number of amides is 1. The van der Waals surface area contributed by atoms with Crippen LogP contribution in [0.2, 0.25) is 0 Å². The fourth-order valence-electron chi connectivity index (χ4n) is 2.81. The maximum Gasteiger partial charge on any atom is 0.241 e. The minimum Gasteiger partial charge on any atom is -0.324 e. The van der Waals surface area contributed by atoms with Crippen molar-refractivity contribution < 1.29 is 4.79 Å². The van der Waals surface area contributed by atoms with Gasteiger partial charge in [0.2, 0.25) is 5.91 Å². The second-order valence-corrected chi connectivity index (χ2v) is 5.71. The fraction of sp³-hybridized carbons (Fsp3) is 0.278. The average molecular weight is 280 g/mol. The van der Waals surface area contributed by atoms with Crippen LogP contribution in [0.4, 0.5) is 5.69 Å². The number of hydrogen-bond acceptors (Lipinski definition) is 2. The van der Waals surface area contributed by atoms with Crippen LogP contribution in [-0.2, 0) is 17.8 Å². The molecule has 2 N–H and O–H groups in total. The van der Waals surface area contributed by atoms with Crippen molar-refractivity contribution in [3.8, 4) is 0 Å². The lowest BCUT2D eigenvalue weighted by molar-refractivity contribution is -0.118. The molecular formula is C18H20N2O. The normalized spacial score (nSPS) is 17.1. The first-order valence-electron chi connectivity index (χ1n) is 7.32. The lowest BCUT2D eigenvalue weighted by atomic mass is 9.95. The summed E-state index contributed by atoms with van der Waals surface area (Å²) in [6.07, 6.45) is 0.743. The number of hydrogen-bond donors (Lipinski definition) is 2. The second kappa shape index (κ2) is 5.70. The minimum atomic E-state index is -0.166. The van der Waals surface area contributed by atoms with Crippen LogP contribution in [0.3, 0.4) is 0 Å². The molecule has 0 saturated heterocycles. The van der Waals surface area contributed by atoms with E-state index in [0.717, 1.165) is 24.2 Å². The van der Waals surface area contributed by atoms with Gasteiger partial charge in [0.15, 0.2) is 0 Å². The van der Waals surface area contributed by atoms with Crippen LogP contribution < -0.4 is 10.6 Å². The van der Waals surface area contributed by atoms with Crippen molar-refractivity contribution in [3.63, 3.8) is 0 Å². The number of benzene rings is 2. The van der Waals surface area contributed by atoms with Crippen LogP contribution in [0.5, 0.6) is 0 Å². The maximum atomic E-state index is 12.4. The van der Waals surface area contributed by atoms with Gasteiger partial charge in [0.25, 0.3) is 0 Å². The molecule has 3 nitrogen and oxygen atoms in total. The first-order chi connectivity index (χ1) is 10.1. The predicted molar refractivity (Wildman–Crippen MR) is 85.3 cm³/mol. The van der Waals surface area contributed by atoms with Crippen molar-refractivity contribution in [1.82, 2.24) is 5.32 Å². The highest BCUT2D eigenvalue weighted by Crippen LogP contribution is 2.19. The van der Waals surface area contributed by atoms with Crippen LogP contribution in [-0.4, -0.2) is 11.9 Å². The highest BCUT2D eigenvalue weighted by molar-refractivity contribution is 5.95. The summed E-state index contributed by atoms with van der Waals surface area (Å²) in [5.74, 6) is 0.0384. The SMILES string of the molecule is Cc1ccc(NC(=O)[C@H]2Cc3ccccc3CN2)c(C)c1. The zero-order chi connectivity index (χ0) is 14.8. The van der Waals surface area contributed by atoms with E-state index in [9.17, 15) is 4.79 Å². The maximum absolute atomic E-state index is 12.4. The van der Waals surface area contributed by atoms with E-state index in [0.29, 0.717) is 0 Å². The Bertz CT molecular complexity index is 679. The molecule has 0 aromatic heterocycles. The van der Waals surface area contributed by atoms with Gasteiger partial charge >= 0.3 is 0 Å². The number of carbonyl (C=O) groups excluding carboxylic acids is 1. The minimum absolute atomic E-state index is 0.0384. The van der Waals surface area contributed by atoms with E-state index in [1.807, 2.05) is 31.2 Å². The van der Waals surface area contributed by atoms with Gasteiger partial charge in [-0.25, -0.2) is 0 Å². The molecule has 1 atom stereocenters. The first kappa shape index (κ1) is 13.8. The monoisotopic (exact) mass is 280 g/mol. The Balaban J connectivity index is 1.72. The van der Waals surface area contributed by atoms with E-state index < -0.39 is 0 Å². The Kier molecular flexibility index (Phi) is 3.76. The van der Waals surface area contributed by atoms with Gasteiger partial charge in [0.05, 0.1) is 6.04 Å². The predicted octanol–water partition coefficient (Wildman–Crippen LogP) is 2.96. The Labute approximate surface area is 125 Å². The van der Waals surface area contributed by atoms with Gasteiger partial charge in [-0.3, -0.25) is 4.79 Å². The highest BCUT2D eigenvalue weighted by atomic mass is 16.2. The largest absolute Gasteiger partial charge is 0.324 e. The number of nitrogens with one attached hydrogen (secondary N) is 2. The first-order valence-corrected chi connectivity index (χ1v) is 7.32. The Morgan fingerprint density at radius 1 is 1.14 bits per heavy atom. The molecular weight excluding hydrogens is 260 g/mol. The van der Waals surface area contributed by atoms with Gasteiger partial charge in [-0.1, -0.05) is 42.0 Å². The van der Waals surface area contributed by atoms with Crippen molar-refractivity contribution in [2.45, 2.75) is 32.9 Å². The van der Waals surface area contributed by atoms with Crippen LogP contribution in [0.1, 0.15) is 22.3 Å². The summed E-state index contributed by atoms with van der Waals surface area (Å²) in [5.41, 5.74) is 5.74. The van der Waals surface area contributed by atoms with E-state index >= 15 is 0 Å². The zero-order valence-electron chi connectivity index (χ0n) is 12.4. The van der Waals surface area contributed by atoms with Gasteiger partial charge < -0.3 is 10.6 Å². The standard InChI is InChI=1S/C18H20N2O/c1-12-7-8-16(13(2)9-12)20-18(21)17-10-14-5-3-4-6-15(14)11-19-17/h3-9,17,19H,10-11H2,1-2H3,(H,20,21)/t17-/m1/s1. The fourth-order valence-corrected chi connectivity index (χ4v) is 2.81. The van der Waals surface area contributed by atoms with Crippen molar-refractivity contribution in [2.24, 2.45) is 0 Å². The second-order valence-electron chi connectivity index (χ2n) is 5.71. The van der Waals surface area contributed by atoms with E-state index in [2.05, 4.69) is 35.8 Å². The van der Waals surface area contributed by atoms with Gasteiger partial charge in [0.1, 0.15) is 0 Å². The quantitative estimate of drug-likeness (QED) is 0.888. The van der Waals surface area contributed by atoms with Crippen LogP contribution in [0, 0.1) is 13.8 Å². The molecule has 3 heteroatoms. The molecule has 0 radical (unpaired) electrons. The molecule has 0 unspecified atom stereocenters. The molecule has 1 aliphatic rings. The summed E-state index contributed by atoms with van der Waals surface area (Å²) < 4.78 is 0. The molecule has 3 rings (SSSR count). The molecule has 0 fully saturated rings. The third-order valence-corrected chi connectivity index (χ3v) is 4.04. The summed E-state index contributed by atoms with van der Waals surface area (Å²) in [6, 6.07) is 14.2. The lowest BCUT2D eigenvalue weighted by Crippen LogP contribution is -2.44.